The smallest absolute Gasteiger partial charge is 0.119 e. The molecule has 0 fully saturated rings. The van der Waals surface area contributed by atoms with Gasteiger partial charge in [0.25, 0.3) is 0 Å². The first-order valence-electron chi connectivity index (χ1n) is 52.1. The highest BCUT2D eigenvalue weighted by molar-refractivity contribution is 6.00. The van der Waals surface area contributed by atoms with E-state index >= 15 is 0 Å². The molecule has 0 radical (unpaired) electrons. The van der Waals surface area contributed by atoms with Gasteiger partial charge in [-0.25, -0.2) is 0 Å². The summed E-state index contributed by atoms with van der Waals surface area (Å²) in [6, 6.07) is 107. The minimum atomic E-state index is -0.274. The maximum absolute atomic E-state index is 7.17. The van der Waals surface area contributed by atoms with Gasteiger partial charge in [0.15, 0.2) is 0 Å². The zero-order chi connectivity index (χ0) is 104. The molecule has 0 saturated heterocycles. The zero-order valence-corrected chi connectivity index (χ0v) is 92.7. The Morgan fingerprint density at radius 2 is 0.299 bits per heavy atom. The number of hydrogen-bond donors (Lipinski definition) is 0. The summed E-state index contributed by atoms with van der Waals surface area (Å²) in [5.74, 6) is 4.70. The van der Waals surface area contributed by atoms with Crippen LogP contribution in [-0.2, 0) is 32.5 Å². The lowest BCUT2D eigenvalue weighted by molar-refractivity contribution is 0.196. The summed E-state index contributed by atoms with van der Waals surface area (Å²) >= 11 is 0. The molecule has 12 heteroatoms. The third-order valence-corrected chi connectivity index (χ3v) is 27.4. The zero-order valence-electron chi connectivity index (χ0n) is 92.7. The second-order valence-electron chi connectivity index (χ2n) is 46.5. The SMILES string of the molecule is Cc1c(N(c2ccc(OC(C)C)cc2)c2ccc(OC(C)C)cc2)c(C)c(N(c2ccc(OC(C)C)cc2)c2ccc(OC(C)CCC(C)(C)c3ccc(N(c4ccc(C(C)(C)C)cc4)c4c(C)c(N(c5ccc(C(C)(C)C)cc5)c5ccc(C(C)(C)C)cc5)c(C)c(N(c5ccc(C(C)(C)C)cc5)c5ccc(C(C)(C)C)cc5)c4C)cc3)cc2)c(C)c1N(c1ccc(OC(C)C)cc1)c1ccc(OC(C)C)cc1. The Morgan fingerprint density at radius 3 is 0.431 bits per heavy atom. The summed E-state index contributed by atoms with van der Waals surface area (Å²) in [7, 11) is 0. The summed E-state index contributed by atoms with van der Waals surface area (Å²) < 4.78 is 39.1. The average molecular weight is 1930 g/mol. The molecule has 12 nitrogen and oxygen atoms in total. The summed E-state index contributed by atoms with van der Waals surface area (Å²) in [6.07, 6.45) is 1.39. The number of nitrogens with zero attached hydrogens (tertiary/aromatic N) is 6. The van der Waals surface area contributed by atoms with E-state index < -0.39 is 0 Å². The van der Waals surface area contributed by atoms with E-state index in [4.69, 9.17) is 28.4 Å². The first kappa shape index (κ1) is 106. The molecule has 0 aliphatic heterocycles. The van der Waals surface area contributed by atoms with Gasteiger partial charge in [-0.05, 0) is 448 Å². The molecular formula is C132H160N6O6. The van der Waals surface area contributed by atoms with Crippen LogP contribution in [0.2, 0.25) is 0 Å². The summed E-state index contributed by atoms with van der Waals surface area (Å²) in [4.78, 5) is 14.8. The van der Waals surface area contributed by atoms with Crippen LogP contribution in [0, 0.1) is 41.5 Å². The van der Waals surface area contributed by atoms with Gasteiger partial charge in [-0.1, -0.05) is 190 Å². The minimum Gasteiger partial charge on any atom is -0.491 e. The Balaban J connectivity index is 0.881. The average Bonchev–Trinajstić information content (AvgIpc) is 0.731. The van der Waals surface area contributed by atoms with E-state index in [0.29, 0.717) is 0 Å². The molecule has 0 N–H and O–H groups in total. The van der Waals surface area contributed by atoms with Crippen LogP contribution in [0.4, 0.5) is 102 Å². The second-order valence-corrected chi connectivity index (χ2v) is 46.5. The largest absolute Gasteiger partial charge is 0.491 e. The Hall–Kier alpha value is -13.3. The second kappa shape index (κ2) is 43.3. The first-order chi connectivity index (χ1) is 67.8. The van der Waals surface area contributed by atoms with Crippen LogP contribution in [0.5, 0.6) is 34.5 Å². The lowest BCUT2D eigenvalue weighted by atomic mass is 9.80. The predicted molar refractivity (Wildman–Crippen MR) is 614 cm³/mol. The molecule has 0 saturated carbocycles. The van der Waals surface area contributed by atoms with Crippen LogP contribution in [0.15, 0.2) is 291 Å². The fourth-order valence-corrected chi connectivity index (χ4v) is 19.8. The topological polar surface area (TPSA) is 74.8 Å². The molecule has 0 bridgehead atoms. The minimum absolute atomic E-state index is 0.0162. The van der Waals surface area contributed by atoms with Crippen molar-refractivity contribution in [1.82, 2.24) is 0 Å². The van der Waals surface area contributed by atoms with E-state index in [1.54, 1.807) is 0 Å². The van der Waals surface area contributed by atoms with Gasteiger partial charge in [0.1, 0.15) is 34.5 Å². The third kappa shape index (κ3) is 24.5. The third-order valence-electron chi connectivity index (χ3n) is 27.4. The monoisotopic (exact) mass is 1930 g/mol. The number of anilines is 18. The summed E-state index contributed by atoms with van der Waals surface area (Å²) in [5.41, 5.74) is 32.0. The molecule has 1 unspecified atom stereocenters. The van der Waals surface area contributed by atoms with Gasteiger partial charge in [-0.3, -0.25) is 0 Å². The van der Waals surface area contributed by atoms with Gasteiger partial charge in [0.05, 0.1) is 70.7 Å². The van der Waals surface area contributed by atoms with Crippen molar-refractivity contribution < 1.29 is 28.4 Å². The van der Waals surface area contributed by atoms with Crippen molar-refractivity contribution in [3.63, 3.8) is 0 Å². The molecule has 0 aliphatic rings. The van der Waals surface area contributed by atoms with E-state index in [-0.39, 0.29) is 69.1 Å². The molecule has 14 aromatic carbocycles. The molecule has 0 spiro atoms. The molecule has 0 aromatic heterocycles. The maximum Gasteiger partial charge on any atom is 0.119 e. The molecule has 0 heterocycles. The highest BCUT2D eigenvalue weighted by atomic mass is 16.5. The van der Waals surface area contributed by atoms with Crippen LogP contribution >= 0.6 is 0 Å². The van der Waals surface area contributed by atoms with Gasteiger partial charge in [0, 0.05) is 68.2 Å². The number of benzene rings is 14. The van der Waals surface area contributed by atoms with Gasteiger partial charge in [-0.15, -0.1) is 0 Å². The number of hydrogen-bond acceptors (Lipinski definition) is 12. The molecule has 0 aliphatic carbocycles. The lowest BCUT2D eigenvalue weighted by Crippen LogP contribution is -2.23. The predicted octanol–water partition coefficient (Wildman–Crippen LogP) is 38.3. The van der Waals surface area contributed by atoms with E-state index in [0.717, 1.165) is 183 Å². The van der Waals surface area contributed by atoms with Gasteiger partial charge in [0.2, 0.25) is 0 Å². The van der Waals surface area contributed by atoms with Crippen LogP contribution in [0.1, 0.15) is 273 Å². The Kier molecular flexibility index (Phi) is 32.0. The Labute approximate surface area is 864 Å². The molecule has 1 atom stereocenters. The lowest BCUT2D eigenvalue weighted by Gasteiger charge is -2.39. The van der Waals surface area contributed by atoms with Crippen molar-refractivity contribution in [3.05, 3.63) is 358 Å². The molecule has 14 aromatic rings. The van der Waals surface area contributed by atoms with Crippen LogP contribution < -0.4 is 57.8 Å². The highest BCUT2D eigenvalue weighted by Gasteiger charge is 2.37. The van der Waals surface area contributed by atoms with Crippen LogP contribution in [0.25, 0.3) is 0 Å². The molecular weight excluding hydrogens is 1770 g/mol. The van der Waals surface area contributed by atoms with E-state index in [1.165, 1.54) is 33.4 Å². The molecule has 754 valence electrons. The standard InChI is InChI=1S/C132H160N6O6/c1-85(2)139-115-71-59-109(60-72-115)136(110-61-73-116(74-62-110)140-86(3)4)124-94(15)125(137(111-63-75-117(76-64-111)141-87(5)6)112-65-77-118(78-66-112)142-88(7)8)96(17)126(95(124)16)138(113-67-79-119(80-68-113)143-89(9)10)114-69-81-120(82-70-114)144-90(11)83-84-132(33,34)102-45-57-108(58-46-102)135(107-55-43-101(44-56-107)131(30,31)32)123-92(13)121(133(103-47-35-97(36-48-103)127(18,19)20)104-49-37-98(38-50-104)128(21,22)23)91(12)122(93(123)14)134(105-51-39-99(40-52-105)129(24,25)26)106-53-41-100(42-54-106)130(27,28)29/h35-82,85-90H,83-84H2,1-34H3. The number of rotatable bonds is 34. The normalized spacial score (nSPS) is 12.4. The van der Waals surface area contributed by atoms with E-state index in [1.807, 2.05) is 0 Å². The Bertz CT molecular complexity index is 6140. The fraction of sp³-hybridized carbons (Fsp3) is 0.364. The van der Waals surface area contributed by atoms with Gasteiger partial charge in [-0.2, -0.15) is 0 Å². The van der Waals surface area contributed by atoms with Gasteiger partial charge < -0.3 is 57.8 Å². The molecule has 144 heavy (non-hydrogen) atoms. The maximum atomic E-state index is 7.17. The van der Waals surface area contributed by atoms with Crippen molar-refractivity contribution in [3.8, 4) is 34.5 Å². The van der Waals surface area contributed by atoms with Crippen molar-refractivity contribution >= 4 is 102 Å². The van der Waals surface area contributed by atoms with Crippen molar-refractivity contribution in [2.45, 2.75) is 317 Å². The van der Waals surface area contributed by atoms with Crippen LogP contribution in [0.3, 0.4) is 0 Å². The van der Waals surface area contributed by atoms with E-state index in [9.17, 15) is 0 Å². The molecule has 14 rings (SSSR count). The summed E-state index contributed by atoms with van der Waals surface area (Å²) in [6.45, 7) is 76.1. The van der Waals surface area contributed by atoms with E-state index in [2.05, 4.69) is 556 Å². The molecule has 0 amide bonds. The van der Waals surface area contributed by atoms with Crippen LogP contribution in [-0.4, -0.2) is 36.6 Å². The first-order valence-corrected chi connectivity index (χ1v) is 52.1. The highest BCUT2D eigenvalue weighted by Crippen LogP contribution is 2.58. The van der Waals surface area contributed by atoms with Gasteiger partial charge >= 0.3 is 0 Å². The fourth-order valence-electron chi connectivity index (χ4n) is 19.8. The Morgan fingerprint density at radius 1 is 0.174 bits per heavy atom. The summed E-state index contributed by atoms with van der Waals surface area (Å²) in [5, 5.41) is 0. The quantitative estimate of drug-likeness (QED) is 0.0386. The number of ether oxygens (including phenoxy) is 6. The van der Waals surface area contributed by atoms with Crippen molar-refractivity contribution in [2.75, 3.05) is 29.4 Å². The van der Waals surface area contributed by atoms with Crippen molar-refractivity contribution in [1.29, 1.82) is 0 Å². The van der Waals surface area contributed by atoms with Crippen molar-refractivity contribution in [2.24, 2.45) is 0 Å².